The summed E-state index contributed by atoms with van der Waals surface area (Å²) in [6, 6.07) is 11.3. The molecule has 1 aromatic carbocycles. The van der Waals surface area contributed by atoms with Crippen molar-refractivity contribution >= 4 is 6.71 Å². The quantitative estimate of drug-likeness (QED) is 0.398. The van der Waals surface area contributed by atoms with E-state index >= 15 is 0 Å². The lowest BCUT2D eigenvalue weighted by atomic mass is 9.34. The Morgan fingerprint density at radius 3 is 1.85 bits per heavy atom. The lowest BCUT2D eigenvalue weighted by Crippen LogP contribution is -2.24. The first-order chi connectivity index (χ1) is 9.83. The molecule has 0 heterocycles. The van der Waals surface area contributed by atoms with Crippen LogP contribution in [0.5, 0.6) is 0 Å². The van der Waals surface area contributed by atoms with Gasteiger partial charge in [0.25, 0.3) is 0 Å². The Bertz CT molecular complexity index is 312. The van der Waals surface area contributed by atoms with E-state index < -0.39 is 0 Å². The molecule has 0 unspecified atom stereocenters. The third kappa shape index (κ3) is 6.16. The minimum atomic E-state index is 0.786. The van der Waals surface area contributed by atoms with E-state index in [2.05, 4.69) is 51.1 Å². The molecule has 0 aliphatic heterocycles. The maximum atomic E-state index is 2.35. The predicted octanol–water partition coefficient (Wildman–Crippen LogP) is 6.59. The smallest absolute Gasteiger partial charge is 0.0737 e. The summed E-state index contributed by atoms with van der Waals surface area (Å²) in [5.74, 6) is 0.786. The Balaban J connectivity index is 2.79. The van der Waals surface area contributed by atoms with Crippen LogP contribution in [0.3, 0.4) is 0 Å². The van der Waals surface area contributed by atoms with Crippen LogP contribution in [0.2, 0.25) is 12.6 Å². The fourth-order valence-electron chi connectivity index (χ4n) is 3.28. The Morgan fingerprint density at radius 1 is 0.800 bits per heavy atom. The molecule has 1 aromatic rings. The molecule has 0 nitrogen and oxygen atoms in total. The lowest BCUT2D eigenvalue weighted by Gasteiger charge is -2.25. The standard InChI is InChI=1S/C19H33B/c1-4-7-15-19(18-13-11-10-12-14-18)20(16-8-5-2)17-9-6-3/h10-14,19H,4-9,15-17H2,1-3H3/t19-/m1/s1. The van der Waals surface area contributed by atoms with Gasteiger partial charge in [-0.2, -0.15) is 0 Å². The van der Waals surface area contributed by atoms with Crippen molar-refractivity contribution < 1.29 is 0 Å². The van der Waals surface area contributed by atoms with Crippen LogP contribution >= 0.6 is 0 Å². The van der Waals surface area contributed by atoms with Gasteiger partial charge < -0.3 is 0 Å². The molecule has 112 valence electrons. The Labute approximate surface area is 127 Å². The highest BCUT2D eigenvalue weighted by Crippen LogP contribution is 2.30. The molecule has 0 aromatic heterocycles. The summed E-state index contributed by atoms with van der Waals surface area (Å²) in [5.41, 5.74) is 1.58. The van der Waals surface area contributed by atoms with Gasteiger partial charge in [0.2, 0.25) is 0 Å². The van der Waals surface area contributed by atoms with Gasteiger partial charge in [0.15, 0.2) is 0 Å². The van der Waals surface area contributed by atoms with Crippen molar-refractivity contribution in [3.05, 3.63) is 35.9 Å². The second-order valence-electron chi connectivity index (χ2n) is 6.20. The first-order valence-corrected chi connectivity index (χ1v) is 8.88. The van der Waals surface area contributed by atoms with E-state index in [-0.39, 0.29) is 0 Å². The van der Waals surface area contributed by atoms with Crippen molar-refractivity contribution in [3.8, 4) is 0 Å². The summed E-state index contributed by atoms with van der Waals surface area (Å²) in [6.07, 6.45) is 12.3. The Hall–Kier alpha value is -0.715. The zero-order valence-corrected chi connectivity index (χ0v) is 13.9. The van der Waals surface area contributed by atoms with E-state index in [1.807, 2.05) is 0 Å². The molecule has 0 aliphatic carbocycles. The minimum absolute atomic E-state index is 0.786. The summed E-state index contributed by atoms with van der Waals surface area (Å²) >= 11 is 0. The second-order valence-corrected chi connectivity index (χ2v) is 6.20. The van der Waals surface area contributed by atoms with Crippen LogP contribution in [0.25, 0.3) is 0 Å². The van der Waals surface area contributed by atoms with Gasteiger partial charge >= 0.3 is 0 Å². The zero-order chi connectivity index (χ0) is 14.6. The summed E-state index contributed by atoms with van der Waals surface area (Å²) in [5, 5.41) is 0. The third-order valence-corrected chi connectivity index (χ3v) is 4.52. The zero-order valence-electron chi connectivity index (χ0n) is 13.9. The SMILES string of the molecule is CCCCB(CCCC)[C@H](CCCC)c1ccccc1. The number of hydrogen-bond acceptors (Lipinski definition) is 0. The van der Waals surface area contributed by atoms with Crippen LogP contribution in [0, 0.1) is 0 Å². The van der Waals surface area contributed by atoms with E-state index in [0.29, 0.717) is 0 Å². The monoisotopic (exact) mass is 272 g/mol. The molecular formula is C19H33B. The summed E-state index contributed by atoms with van der Waals surface area (Å²) < 4.78 is 0. The van der Waals surface area contributed by atoms with Gasteiger partial charge in [-0.25, -0.2) is 0 Å². The van der Waals surface area contributed by atoms with Crippen LogP contribution in [0.15, 0.2) is 30.3 Å². The molecule has 1 heteroatoms. The molecule has 0 aliphatic rings. The fourth-order valence-corrected chi connectivity index (χ4v) is 3.28. The van der Waals surface area contributed by atoms with Crippen LogP contribution in [0.4, 0.5) is 0 Å². The molecule has 0 saturated carbocycles. The molecule has 1 atom stereocenters. The van der Waals surface area contributed by atoms with Gasteiger partial charge in [0, 0.05) is 0 Å². The molecule has 1 rings (SSSR count). The van der Waals surface area contributed by atoms with Crippen LogP contribution in [-0.2, 0) is 0 Å². The van der Waals surface area contributed by atoms with E-state index in [0.717, 1.165) is 12.5 Å². The fraction of sp³-hybridized carbons (Fsp3) is 0.684. The van der Waals surface area contributed by atoms with Crippen molar-refractivity contribution in [1.29, 1.82) is 0 Å². The highest BCUT2D eigenvalue weighted by Gasteiger charge is 2.25. The summed E-state index contributed by atoms with van der Waals surface area (Å²) in [4.78, 5) is 0. The van der Waals surface area contributed by atoms with E-state index in [9.17, 15) is 0 Å². The molecule has 0 spiro atoms. The largest absolute Gasteiger partial charge is 0.148 e. The summed E-state index contributed by atoms with van der Waals surface area (Å²) in [6.45, 7) is 7.85. The lowest BCUT2D eigenvalue weighted by molar-refractivity contribution is 0.678. The van der Waals surface area contributed by atoms with Gasteiger partial charge in [-0.05, 0) is 5.82 Å². The first kappa shape index (κ1) is 17.3. The average molecular weight is 272 g/mol. The topological polar surface area (TPSA) is 0 Å². The van der Waals surface area contributed by atoms with Gasteiger partial charge in [-0.15, -0.1) is 0 Å². The summed E-state index contributed by atoms with van der Waals surface area (Å²) in [7, 11) is 0. The highest BCUT2D eigenvalue weighted by molar-refractivity contribution is 6.60. The van der Waals surface area contributed by atoms with Gasteiger partial charge in [-0.1, -0.05) is 114 Å². The third-order valence-electron chi connectivity index (χ3n) is 4.52. The highest BCUT2D eigenvalue weighted by atomic mass is 14.1. The van der Waals surface area contributed by atoms with Crippen molar-refractivity contribution in [3.63, 3.8) is 0 Å². The molecule has 0 radical (unpaired) electrons. The van der Waals surface area contributed by atoms with E-state index in [1.54, 1.807) is 5.56 Å². The first-order valence-electron chi connectivity index (χ1n) is 8.88. The van der Waals surface area contributed by atoms with Crippen LogP contribution in [-0.4, -0.2) is 6.71 Å². The maximum Gasteiger partial charge on any atom is 0.148 e. The molecule has 0 amide bonds. The van der Waals surface area contributed by atoms with Gasteiger partial charge in [0.05, 0.1) is 0 Å². The van der Waals surface area contributed by atoms with E-state index in [1.165, 1.54) is 57.6 Å². The van der Waals surface area contributed by atoms with Gasteiger partial charge in [0.1, 0.15) is 6.71 Å². The maximum absolute atomic E-state index is 2.35. The molecular weight excluding hydrogens is 239 g/mol. The van der Waals surface area contributed by atoms with Crippen molar-refractivity contribution in [2.75, 3.05) is 0 Å². The second kappa shape index (κ2) is 11.0. The Kier molecular flexibility index (Phi) is 9.54. The van der Waals surface area contributed by atoms with Crippen LogP contribution < -0.4 is 0 Å². The Morgan fingerprint density at radius 2 is 1.35 bits per heavy atom. The molecule has 20 heavy (non-hydrogen) atoms. The molecule has 0 saturated heterocycles. The number of benzene rings is 1. The molecule has 0 bridgehead atoms. The molecule has 0 N–H and O–H groups in total. The predicted molar refractivity (Wildman–Crippen MR) is 93.9 cm³/mol. The van der Waals surface area contributed by atoms with Crippen molar-refractivity contribution in [2.24, 2.45) is 0 Å². The van der Waals surface area contributed by atoms with Gasteiger partial charge in [-0.3, -0.25) is 0 Å². The molecule has 0 fully saturated rings. The number of unbranched alkanes of at least 4 members (excludes halogenated alkanes) is 3. The normalized spacial score (nSPS) is 12.3. The minimum Gasteiger partial charge on any atom is -0.0737 e. The van der Waals surface area contributed by atoms with Crippen molar-refractivity contribution in [1.82, 2.24) is 0 Å². The number of rotatable bonds is 11. The van der Waals surface area contributed by atoms with Crippen molar-refractivity contribution in [2.45, 2.75) is 84.2 Å². The number of hydrogen-bond donors (Lipinski definition) is 0. The van der Waals surface area contributed by atoms with E-state index in [4.69, 9.17) is 0 Å². The van der Waals surface area contributed by atoms with Crippen LogP contribution in [0.1, 0.15) is 77.1 Å². The average Bonchev–Trinajstić information content (AvgIpc) is 2.50.